The summed E-state index contributed by atoms with van der Waals surface area (Å²) in [5.74, 6) is 1.22. The molecule has 0 bridgehead atoms. The van der Waals surface area contributed by atoms with Gasteiger partial charge in [-0.2, -0.15) is 11.8 Å². The van der Waals surface area contributed by atoms with Gasteiger partial charge in [0, 0.05) is 31.5 Å². The molecule has 4 nitrogen and oxygen atoms in total. The summed E-state index contributed by atoms with van der Waals surface area (Å²) >= 11 is 3.38. The van der Waals surface area contributed by atoms with Crippen molar-refractivity contribution in [1.82, 2.24) is 9.88 Å². The second-order valence-electron chi connectivity index (χ2n) is 5.41. The van der Waals surface area contributed by atoms with Crippen molar-refractivity contribution >= 4 is 29.4 Å². The first-order chi connectivity index (χ1) is 10.1. The average Bonchev–Trinajstić information content (AvgIpc) is 2.84. The molecule has 3 heterocycles. The minimum atomic E-state index is -0.422. The Hall–Kier alpha value is -0.950. The Bertz CT molecular complexity index is 537. The molecule has 21 heavy (non-hydrogen) atoms. The van der Waals surface area contributed by atoms with Gasteiger partial charge in [0.2, 0.25) is 5.91 Å². The van der Waals surface area contributed by atoms with Gasteiger partial charge < -0.3 is 9.64 Å². The van der Waals surface area contributed by atoms with E-state index < -0.39 is 5.82 Å². The lowest BCUT2D eigenvalue weighted by atomic mass is 9.93. The number of halogens is 1. The fourth-order valence-corrected chi connectivity index (χ4v) is 4.71. The van der Waals surface area contributed by atoms with E-state index in [2.05, 4.69) is 4.98 Å². The van der Waals surface area contributed by atoms with Gasteiger partial charge in [-0.05, 0) is 18.4 Å². The number of rotatable bonds is 4. The molecule has 2 aliphatic rings. The quantitative estimate of drug-likeness (QED) is 0.846. The van der Waals surface area contributed by atoms with Crippen LogP contribution < -0.4 is 4.74 Å². The van der Waals surface area contributed by atoms with Gasteiger partial charge >= 0.3 is 0 Å². The first-order valence-corrected chi connectivity index (χ1v) is 9.18. The molecule has 0 saturated carbocycles. The zero-order valence-corrected chi connectivity index (χ0v) is 13.4. The number of likely N-dealkylation sites (tertiary alicyclic amines) is 1. The maximum absolute atomic E-state index is 13.5. The zero-order chi connectivity index (χ0) is 14.9. The third-order valence-electron chi connectivity index (χ3n) is 3.76. The zero-order valence-electron chi connectivity index (χ0n) is 11.8. The molecule has 0 radical (unpaired) electrons. The number of amides is 1. The standard InChI is InChI=1S/C14H17FN2O2S2/c1-20-7-12(18)17-8-14(9-17)5-10(6-21-14)19-13-11(15)3-2-4-16-13/h2-4,10H,5-9H2,1H3/t10-/m1/s1. The van der Waals surface area contributed by atoms with Crippen LogP contribution in [-0.2, 0) is 4.79 Å². The highest BCUT2D eigenvalue weighted by Gasteiger charge is 2.51. The van der Waals surface area contributed by atoms with E-state index in [1.165, 1.54) is 12.3 Å². The van der Waals surface area contributed by atoms with E-state index in [9.17, 15) is 9.18 Å². The number of pyridine rings is 1. The first kappa shape index (κ1) is 15.0. The summed E-state index contributed by atoms with van der Waals surface area (Å²) in [7, 11) is 0. The van der Waals surface area contributed by atoms with Gasteiger partial charge in [0.15, 0.2) is 5.82 Å². The Morgan fingerprint density at radius 2 is 2.48 bits per heavy atom. The number of carbonyl (C=O) groups is 1. The summed E-state index contributed by atoms with van der Waals surface area (Å²) in [5.41, 5.74) is 0. The highest BCUT2D eigenvalue weighted by molar-refractivity contribution is 8.01. The molecule has 2 aliphatic heterocycles. The molecule has 3 rings (SSSR count). The first-order valence-electron chi connectivity index (χ1n) is 6.80. The van der Waals surface area contributed by atoms with Crippen molar-refractivity contribution in [2.45, 2.75) is 17.3 Å². The second kappa shape index (κ2) is 6.04. The number of ether oxygens (including phenoxy) is 1. The number of thioether (sulfide) groups is 2. The molecule has 1 spiro atoms. The third kappa shape index (κ3) is 3.13. The predicted molar refractivity (Wildman–Crippen MR) is 83.4 cm³/mol. The van der Waals surface area contributed by atoms with Crippen LogP contribution in [0.5, 0.6) is 5.88 Å². The fourth-order valence-electron chi connectivity index (χ4n) is 2.75. The minimum Gasteiger partial charge on any atom is -0.471 e. The van der Waals surface area contributed by atoms with Gasteiger partial charge in [-0.25, -0.2) is 9.37 Å². The summed E-state index contributed by atoms with van der Waals surface area (Å²) in [6, 6.07) is 2.90. The van der Waals surface area contributed by atoms with Crippen LogP contribution in [0.2, 0.25) is 0 Å². The summed E-state index contributed by atoms with van der Waals surface area (Å²) < 4.78 is 19.3. The minimum absolute atomic E-state index is 0.0304. The molecule has 114 valence electrons. The number of aromatic nitrogens is 1. The van der Waals surface area contributed by atoms with Crippen LogP contribution in [0.4, 0.5) is 4.39 Å². The number of hydrogen-bond donors (Lipinski definition) is 0. The summed E-state index contributed by atoms with van der Waals surface area (Å²) in [6.45, 7) is 1.56. The molecule has 1 aromatic rings. The van der Waals surface area contributed by atoms with Crippen LogP contribution in [0, 0.1) is 5.82 Å². The Labute approximate surface area is 131 Å². The normalized spacial score (nSPS) is 23.1. The molecule has 0 aromatic carbocycles. The number of carbonyl (C=O) groups excluding carboxylic acids is 1. The van der Waals surface area contributed by atoms with Crippen LogP contribution in [-0.4, -0.2) is 57.5 Å². The monoisotopic (exact) mass is 328 g/mol. The molecule has 2 fully saturated rings. The lowest BCUT2D eigenvalue weighted by Crippen LogP contribution is -2.61. The van der Waals surface area contributed by atoms with Crippen molar-refractivity contribution in [2.75, 3.05) is 30.9 Å². The maximum atomic E-state index is 13.5. The largest absolute Gasteiger partial charge is 0.471 e. The molecule has 1 amide bonds. The van der Waals surface area contributed by atoms with Crippen molar-refractivity contribution < 1.29 is 13.9 Å². The third-order valence-corrected chi connectivity index (χ3v) is 5.87. The molecule has 7 heteroatoms. The molecular weight excluding hydrogens is 311 g/mol. The average molecular weight is 328 g/mol. The Morgan fingerprint density at radius 3 is 3.19 bits per heavy atom. The lowest BCUT2D eigenvalue weighted by molar-refractivity contribution is -0.133. The van der Waals surface area contributed by atoms with Gasteiger partial charge in [-0.3, -0.25) is 4.79 Å². The summed E-state index contributed by atoms with van der Waals surface area (Å²) in [6.07, 6.45) is 4.28. The van der Waals surface area contributed by atoms with Crippen LogP contribution >= 0.6 is 23.5 Å². The summed E-state index contributed by atoms with van der Waals surface area (Å²) in [4.78, 5) is 17.6. The number of nitrogens with zero attached hydrogens (tertiary/aromatic N) is 2. The van der Waals surface area contributed by atoms with E-state index in [-0.39, 0.29) is 22.6 Å². The van der Waals surface area contributed by atoms with Gasteiger partial charge in [0.25, 0.3) is 5.88 Å². The van der Waals surface area contributed by atoms with Crippen LogP contribution in [0.25, 0.3) is 0 Å². The predicted octanol–water partition coefficient (Wildman–Crippen LogP) is 2.05. The Balaban J connectivity index is 1.53. The lowest BCUT2D eigenvalue weighted by Gasteiger charge is -2.47. The SMILES string of the molecule is CSCC(=O)N1CC2(C[C@@H](Oc3ncccc3F)CS2)C1. The van der Waals surface area contributed by atoms with Crippen molar-refractivity contribution in [3.05, 3.63) is 24.1 Å². The van der Waals surface area contributed by atoms with E-state index in [1.807, 2.05) is 22.9 Å². The number of hydrogen-bond acceptors (Lipinski definition) is 5. The topological polar surface area (TPSA) is 42.4 Å². The van der Waals surface area contributed by atoms with E-state index in [4.69, 9.17) is 4.74 Å². The smallest absolute Gasteiger partial charge is 0.250 e. The highest BCUT2D eigenvalue weighted by atomic mass is 32.2. The fraction of sp³-hybridized carbons (Fsp3) is 0.571. The maximum Gasteiger partial charge on any atom is 0.250 e. The summed E-state index contributed by atoms with van der Waals surface area (Å²) in [5, 5.41) is 0. The van der Waals surface area contributed by atoms with Gasteiger partial charge in [-0.1, -0.05) is 0 Å². The van der Waals surface area contributed by atoms with Crippen molar-refractivity contribution in [3.63, 3.8) is 0 Å². The van der Waals surface area contributed by atoms with E-state index in [0.29, 0.717) is 5.75 Å². The van der Waals surface area contributed by atoms with Crippen LogP contribution in [0.3, 0.4) is 0 Å². The van der Waals surface area contributed by atoms with E-state index >= 15 is 0 Å². The molecule has 0 N–H and O–H groups in total. The molecule has 1 atom stereocenters. The molecule has 0 aliphatic carbocycles. The van der Waals surface area contributed by atoms with Crippen molar-refractivity contribution in [1.29, 1.82) is 0 Å². The van der Waals surface area contributed by atoms with E-state index in [1.54, 1.807) is 17.8 Å². The van der Waals surface area contributed by atoms with Crippen LogP contribution in [0.1, 0.15) is 6.42 Å². The second-order valence-corrected chi connectivity index (χ2v) is 7.77. The molecule has 1 aromatic heterocycles. The molecule has 2 saturated heterocycles. The van der Waals surface area contributed by atoms with Crippen LogP contribution in [0.15, 0.2) is 18.3 Å². The van der Waals surface area contributed by atoms with Gasteiger partial charge in [0.05, 0.1) is 10.5 Å². The molecular formula is C14H17FN2O2S2. The van der Waals surface area contributed by atoms with Crippen molar-refractivity contribution in [3.8, 4) is 5.88 Å². The molecule has 0 unspecified atom stereocenters. The highest BCUT2D eigenvalue weighted by Crippen LogP contribution is 2.46. The van der Waals surface area contributed by atoms with Crippen molar-refractivity contribution in [2.24, 2.45) is 0 Å². The Kier molecular flexibility index (Phi) is 4.31. The van der Waals surface area contributed by atoms with Gasteiger partial charge in [-0.15, -0.1) is 11.8 Å². The van der Waals surface area contributed by atoms with E-state index in [0.717, 1.165) is 25.3 Å². The Morgan fingerprint density at radius 1 is 1.67 bits per heavy atom. The van der Waals surface area contributed by atoms with Gasteiger partial charge in [0.1, 0.15) is 6.10 Å².